The highest BCUT2D eigenvalue weighted by molar-refractivity contribution is 5.79. The second-order valence-electron chi connectivity index (χ2n) is 8.02. The van der Waals surface area contributed by atoms with Crippen LogP contribution in [0.15, 0.2) is 18.2 Å². The molecule has 1 atom stereocenters. The first-order chi connectivity index (χ1) is 13.1. The summed E-state index contributed by atoms with van der Waals surface area (Å²) >= 11 is 0. The molecule has 1 aromatic rings. The molecule has 4 rings (SSSR count). The molecule has 0 aromatic carbocycles. The zero-order valence-corrected chi connectivity index (χ0v) is 15.5. The Kier molecular flexibility index (Phi) is 5.02. The molecule has 144 valence electrons. The quantitative estimate of drug-likeness (QED) is 0.803. The van der Waals surface area contributed by atoms with E-state index in [2.05, 4.69) is 20.9 Å². The van der Waals surface area contributed by atoms with E-state index in [0.717, 1.165) is 70.6 Å². The zero-order chi connectivity index (χ0) is 18.9. The first kappa shape index (κ1) is 18.2. The van der Waals surface area contributed by atoms with E-state index >= 15 is 0 Å². The van der Waals surface area contributed by atoms with Crippen LogP contribution in [-0.2, 0) is 9.53 Å². The summed E-state index contributed by atoms with van der Waals surface area (Å²) in [7, 11) is 0. The molecule has 0 amide bonds. The van der Waals surface area contributed by atoms with Crippen LogP contribution in [0, 0.1) is 16.7 Å². The monoisotopic (exact) mass is 370 g/mol. The topological polar surface area (TPSA) is 89.7 Å². The Morgan fingerprint density at radius 3 is 2.70 bits per heavy atom. The molecule has 0 bridgehead atoms. The Bertz CT molecular complexity index is 731. The lowest BCUT2D eigenvalue weighted by Crippen LogP contribution is -2.43. The minimum absolute atomic E-state index is 0.0423. The fourth-order valence-corrected chi connectivity index (χ4v) is 4.56. The van der Waals surface area contributed by atoms with E-state index in [1.165, 1.54) is 0 Å². The van der Waals surface area contributed by atoms with Crippen LogP contribution in [0.3, 0.4) is 0 Å². The van der Waals surface area contributed by atoms with Crippen LogP contribution in [0.5, 0.6) is 0 Å². The number of anilines is 1. The number of esters is 1. The number of hydrogen-bond donors (Lipinski definition) is 1. The molecule has 1 aromatic heterocycles. The number of aliphatic hydroxyl groups excluding tert-OH is 1. The lowest BCUT2D eigenvalue weighted by Gasteiger charge is -2.37. The van der Waals surface area contributed by atoms with Crippen molar-refractivity contribution >= 4 is 11.8 Å². The molecule has 4 heterocycles. The lowest BCUT2D eigenvalue weighted by molar-refractivity contribution is -0.150. The van der Waals surface area contributed by atoms with Crippen LogP contribution >= 0.6 is 0 Å². The van der Waals surface area contributed by atoms with Crippen molar-refractivity contribution in [2.45, 2.75) is 44.3 Å². The van der Waals surface area contributed by atoms with Gasteiger partial charge in [-0.1, -0.05) is 6.07 Å². The molecule has 0 saturated carbocycles. The highest BCUT2D eigenvalue weighted by atomic mass is 16.6. The predicted octanol–water partition coefficient (Wildman–Crippen LogP) is 1.31. The zero-order valence-electron chi connectivity index (χ0n) is 15.5. The second kappa shape index (κ2) is 7.45. The minimum atomic E-state index is -0.372. The number of pyridine rings is 1. The first-order valence-corrected chi connectivity index (χ1v) is 9.82. The maximum absolute atomic E-state index is 12.6. The number of aliphatic hydroxyl groups is 1. The van der Waals surface area contributed by atoms with Gasteiger partial charge in [-0.2, -0.15) is 5.26 Å². The first-order valence-electron chi connectivity index (χ1n) is 9.82. The summed E-state index contributed by atoms with van der Waals surface area (Å²) in [6, 6.07) is 7.54. The molecule has 1 N–H and O–H groups in total. The van der Waals surface area contributed by atoms with E-state index in [-0.39, 0.29) is 23.6 Å². The molecular formula is C20H26N4O3. The molecule has 0 aliphatic carbocycles. The van der Waals surface area contributed by atoms with Gasteiger partial charge in [0.25, 0.3) is 0 Å². The number of nitriles is 1. The summed E-state index contributed by atoms with van der Waals surface area (Å²) in [6.45, 7) is 4.02. The number of likely N-dealkylation sites (tertiary alicyclic amines) is 1. The highest BCUT2D eigenvalue weighted by Gasteiger charge is 2.50. The van der Waals surface area contributed by atoms with E-state index in [0.29, 0.717) is 5.69 Å². The number of cyclic esters (lactones) is 1. The van der Waals surface area contributed by atoms with Gasteiger partial charge in [0.2, 0.25) is 0 Å². The number of carbonyl (C=O) groups excluding carboxylic acids is 1. The highest BCUT2D eigenvalue weighted by Crippen LogP contribution is 2.43. The normalized spacial score (nSPS) is 26.1. The second-order valence-corrected chi connectivity index (χ2v) is 8.02. The number of aromatic nitrogens is 1. The maximum atomic E-state index is 12.6. The minimum Gasteiger partial charge on any atom is -0.461 e. The van der Waals surface area contributed by atoms with Gasteiger partial charge in [0.15, 0.2) is 0 Å². The summed E-state index contributed by atoms with van der Waals surface area (Å²) in [5.41, 5.74) is 0.0447. The molecule has 7 heteroatoms. The fourth-order valence-electron chi connectivity index (χ4n) is 4.56. The standard InChI is InChI=1S/C20H26N4O3/c21-13-15-2-1-3-18(22-15)24-10-6-20(7-11-24)12-17(27-19(20)26)14-23-8-4-16(25)5-9-23/h1-3,16-17,25H,4-12,14H2. The van der Waals surface area contributed by atoms with Crippen LogP contribution < -0.4 is 4.90 Å². The largest absolute Gasteiger partial charge is 0.461 e. The van der Waals surface area contributed by atoms with Crippen molar-refractivity contribution in [3.8, 4) is 6.07 Å². The average molecular weight is 370 g/mol. The molecule has 7 nitrogen and oxygen atoms in total. The molecule has 3 aliphatic heterocycles. The van der Waals surface area contributed by atoms with E-state index < -0.39 is 0 Å². The Morgan fingerprint density at radius 1 is 1.26 bits per heavy atom. The number of nitrogens with zero attached hydrogens (tertiary/aromatic N) is 4. The van der Waals surface area contributed by atoms with Crippen LogP contribution in [0.1, 0.15) is 37.8 Å². The lowest BCUT2D eigenvalue weighted by atomic mass is 9.76. The van der Waals surface area contributed by atoms with Gasteiger partial charge in [-0.25, -0.2) is 4.98 Å². The van der Waals surface area contributed by atoms with Crippen molar-refractivity contribution in [3.63, 3.8) is 0 Å². The van der Waals surface area contributed by atoms with Gasteiger partial charge in [0, 0.05) is 39.1 Å². The van der Waals surface area contributed by atoms with Gasteiger partial charge in [0.05, 0.1) is 11.5 Å². The molecule has 1 spiro atoms. The van der Waals surface area contributed by atoms with Crippen molar-refractivity contribution in [1.29, 1.82) is 5.26 Å². The molecule has 27 heavy (non-hydrogen) atoms. The molecule has 1 unspecified atom stereocenters. The van der Waals surface area contributed by atoms with Crippen LogP contribution in [0.25, 0.3) is 0 Å². The van der Waals surface area contributed by atoms with E-state index in [4.69, 9.17) is 10.00 Å². The van der Waals surface area contributed by atoms with Crippen molar-refractivity contribution < 1.29 is 14.6 Å². The van der Waals surface area contributed by atoms with Gasteiger partial charge < -0.3 is 14.7 Å². The molecule has 3 saturated heterocycles. The Morgan fingerprint density at radius 2 is 2.00 bits per heavy atom. The van der Waals surface area contributed by atoms with Crippen LogP contribution in [-0.4, -0.2) is 65.9 Å². The van der Waals surface area contributed by atoms with Crippen molar-refractivity contribution in [1.82, 2.24) is 9.88 Å². The number of rotatable bonds is 3. The third-order valence-electron chi connectivity index (χ3n) is 6.24. The van der Waals surface area contributed by atoms with Crippen molar-refractivity contribution in [3.05, 3.63) is 23.9 Å². The average Bonchev–Trinajstić information content (AvgIpc) is 2.99. The summed E-state index contributed by atoms with van der Waals surface area (Å²) in [5.74, 6) is 0.751. The Labute approximate surface area is 159 Å². The summed E-state index contributed by atoms with van der Waals surface area (Å²) in [5, 5.41) is 18.7. The molecule has 3 aliphatic rings. The molecule has 3 fully saturated rings. The molecule has 0 radical (unpaired) electrons. The van der Waals surface area contributed by atoms with Crippen LogP contribution in [0.4, 0.5) is 5.82 Å². The summed E-state index contributed by atoms with van der Waals surface area (Å²) in [4.78, 5) is 21.5. The van der Waals surface area contributed by atoms with E-state index in [1.54, 1.807) is 6.07 Å². The molecular weight excluding hydrogens is 344 g/mol. The Balaban J connectivity index is 1.35. The number of piperidine rings is 2. The number of ether oxygens (including phenoxy) is 1. The SMILES string of the molecule is N#Cc1cccc(N2CCC3(CC2)CC(CN2CCC(O)CC2)OC3=O)n1. The summed E-state index contributed by atoms with van der Waals surface area (Å²) < 4.78 is 5.74. The van der Waals surface area contributed by atoms with Gasteiger partial charge in [-0.05, 0) is 37.8 Å². The number of hydrogen-bond acceptors (Lipinski definition) is 7. The van der Waals surface area contributed by atoms with E-state index in [1.807, 2.05) is 12.1 Å². The van der Waals surface area contributed by atoms with E-state index in [9.17, 15) is 9.90 Å². The van der Waals surface area contributed by atoms with Gasteiger partial charge in [0.1, 0.15) is 23.7 Å². The van der Waals surface area contributed by atoms with Gasteiger partial charge in [-0.15, -0.1) is 0 Å². The van der Waals surface area contributed by atoms with Gasteiger partial charge >= 0.3 is 5.97 Å². The number of carbonyl (C=O) groups is 1. The summed E-state index contributed by atoms with van der Waals surface area (Å²) in [6.07, 6.45) is 3.68. The predicted molar refractivity (Wildman–Crippen MR) is 99.0 cm³/mol. The third-order valence-corrected chi connectivity index (χ3v) is 6.24. The van der Waals surface area contributed by atoms with Crippen molar-refractivity contribution in [2.24, 2.45) is 5.41 Å². The van der Waals surface area contributed by atoms with Crippen molar-refractivity contribution in [2.75, 3.05) is 37.6 Å². The fraction of sp³-hybridized carbons (Fsp3) is 0.650. The smallest absolute Gasteiger partial charge is 0.312 e. The Hall–Kier alpha value is -2.17. The van der Waals surface area contributed by atoms with Crippen LogP contribution in [0.2, 0.25) is 0 Å². The van der Waals surface area contributed by atoms with Gasteiger partial charge in [-0.3, -0.25) is 9.69 Å². The third kappa shape index (κ3) is 3.78. The maximum Gasteiger partial charge on any atom is 0.312 e.